The second kappa shape index (κ2) is 11.7. The van der Waals surface area contributed by atoms with Gasteiger partial charge in [-0.2, -0.15) is 26.3 Å². The molecular weight excluding hydrogens is 561 g/mol. The Kier molecular flexibility index (Phi) is 9.64. The highest BCUT2D eigenvalue weighted by Gasteiger charge is 2.57. The molecule has 5 nitrogen and oxygen atoms in total. The van der Waals surface area contributed by atoms with Crippen molar-refractivity contribution in [2.45, 2.75) is 38.3 Å². The summed E-state index contributed by atoms with van der Waals surface area (Å²) in [5, 5.41) is 2.10. The van der Waals surface area contributed by atoms with Crippen LogP contribution in [0, 0.1) is 24.5 Å². The van der Waals surface area contributed by atoms with Crippen LogP contribution in [0.4, 0.5) is 35.1 Å². The van der Waals surface area contributed by atoms with Crippen molar-refractivity contribution < 1.29 is 44.7 Å². The van der Waals surface area contributed by atoms with Gasteiger partial charge in [0.25, 0.3) is 5.91 Å². The molecule has 15 heteroatoms. The first-order valence-corrected chi connectivity index (χ1v) is 10.8. The Hall–Kier alpha value is -2.80. The number of aryl methyl sites for hydroxylation is 1. The van der Waals surface area contributed by atoms with Crippen LogP contribution in [0.15, 0.2) is 36.5 Å². The van der Waals surface area contributed by atoms with Gasteiger partial charge in [-0.25, -0.2) is 13.8 Å². The predicted molar refractivity (Wildman–Crippen MR) is 120 cm³/mol. The molecule has 0 saturated carbocycles. The minimum Gasteiger partial charge on any atom is -0.485 e. The van der Waals surface area contributed by atoms with Gasteiger partial charge < -0.3 is 10.1 Å². The molecule has 3 aromatic rings. The largest absolute Gasteiger partial charge is 0.485 e. The molecule has 1 amide bonds. The Bertz CT molecular complexity index is 1210. The SMILES string of the molecule is Cc1nc2c(OCc3c(F)cccc3F)cccn2c1C(=O)NC(CCl)CC(C(F)(F)F)C(F)(F)F.Cl. The van der Waals surface area contributed by atoms with E-state index < -0.39 is 60.8 Å². The third kappa shape index (κ3) is 6.95. The molecule has 0 spiro atoms. The Morgan fingerprint density at radius 1 is 1.08 bits per heavy atom. The molecule has 1 aromatic carbocycles. The number of carbonyl (C=O) groups excluding carboxylic acids is 1. The number of rotatable bonds is 8. The monoisotopic (exact) mass is 579 g/mol. The van der Waals surface area contributed by atoms with Gasteiger partial charge in [0.2, 0.25) is 0 Å². The van der Waals surface area contributed by atoms with Crippen molar-refractivity contribution in [3.63, 3.8) is 0 Å². The first-order chi connectivity index (χ1) is 16.7. The third-order valence-electron chi connectivity index (χ3n) is 5.27. The van der Waals surface area contributed by atoms with E-state index in [0.717, 1.165) is 12.1 Å². The van der Waals surface area contributed by atoms with Crippen LogP contribution < -0.4 is 10.1 Å². The summed E-state index contributed by atoms with van der Waals surface area (Å²) < 4.78 is 112. The molecule has 0 aliphatic rings. The number of ether oxygens (including phenoxy) is 1. The fourth-order valence-electron chi connectivity index (χ4n) is 3.51. The second-order valence-electron chi connectivity index (χ2n) is 7.80. The average Bonchev–Trinajstić information content (AvgIpc) is 3.11. The first-order valence-electron chi connectivity index (χ1n) is 10.3. The molecule has 1 N–H and O–H groups in total. The lowest BCUT2D eigenvalue weighted by Crippen LogP contribution is -2.45. The predicted octanol–water partition coefficient (Wildman–Crippen LogP) is 6.39. The molecule has 3 rings (SSSR count). The highest BCUT2D eigenvalue weighted by Crippen LogP contribution is 2.42. The number of pyridine rings is 1. The molecule has 37 heavy (non-hydrogen) atoms. The van der Waals surface area contributed by atoms with Crippen LogP contribution in [-0.2, 0) is 6.61 Å². The number of nitrogens with zero attached hydrogens (tertiary/aromatic N) is 2. The van der Waals surface area contributed by atoms with Gasteiger partial charge in [-0.3, -0.25) is 9.20 Å². The molecule has 0 aliphatic heterocycles. The number of imidazole rings is 1. The van der Waals surface area contributed by atoms with E-state index in [9.17, 15) is 39.9 Å². The number of hydrogen-bond acceptors (Lipinski definition) is 3. The lowest BCUT2D eigenvalue weighted by Gasteiger charge is -2.26. The van der Waals surface area contributed by atoms with E-state index in [1.54, 1.807) is 0 Å². The van der Waals surface area contributed by atoms with Crippen molar-refractivity contribution in [1.82, 2.24) is 14.7 Å². The minimum atomic E-state index is -5.59. The van der Waals surface area contributed by atoms with Crippen LogP contribution in [0.2, 0.25) is 0 Å². The molecule has 204 valence electrons. The molecule has 0 bridgehead atoms. The van der Waals surface area contributed by atoms with Crippen molar-refractivity contribution in [3.8, 4) is 5.75 Å². The Balaban J connectivity index is 0.00000481. The maximum absolute atomic E-state index is 13.9. The van der Waals surface area contributed by atoms with Gasteiger partial charge in [0.15, 0.2) is 17.3 Å². The normalized spacial score (nSPS) is 12.9. The van der Waals surface area contributed by atoms with Gasteiger partial charge in [-0.05, 0) is 37.6 Å². The van der Waals surface area contributed by atoms with Crippen molar-refractivity contribution in [2.75, 3.05) is 5.88 Å². The lowest BCUT2D eigenvalue weighted by molar-refractivity contribution is -0.286. The van der Waals surface area contributed by atoms with Crippen molar-refractivity contribution in [1.29, 1.82) is 0 Å². The lowest BCUT2D eigenvalue weighted by atomic mass is 9.99. The average molecular weight is 580 g/mol. The Labute approximate surface area is 216 Å². The smallest absolute Gasteiger partial charge is 0.400 e. The summed E-state index contributed by atoms with van der Waals surface area (Å²) in [5.41, 5.74) is -0.451. The Morgan fingerprint density at radius 2 is 1.68 bits per heavy atom. The van der Waals surface area contributed by atoms with Crippen molar-refractivity contribution in [3.05, 3.63) is 65.1 Å². The summed E-state index contributed by atoms with van der Waals surface area (Å²) in [7, 11) is 0. The van der Waals surface area contributed by atoms with Gasteiger partial charge in [0, 0.05) is 18.1 Å². The van der Waals surface area contributed by atoms with Gasteiger partial charge >= 0.3 is 12.4 Å². The molecule has 0 radical (unpaired) electrons. The van der Waals surface area contributed by atoms with E-state index >= 15 is 0 Å². The van der Waals surface area contributed by atoms with Crippen molar-refractivity contribution in [2.24, 2.45) is 5.92 Å². The fraction of sp³-hybridized carbons (Fsp3) is 0.364. The third-order valence-corrected chi connectivity index (χ3v) is 5.64. The molecule has 2 heterocycles. The van der Waals surface area contributed by atoms with Crippen LogP contribution in [0.25, 0.3) is 5.65 Å². The number of halogens is 10. The van der Waals surface area contributed by atoms with Crippen LogP contribution in [-0.4, -0.2) is 39.6 Å². The minimum absolute atomic E-state index is 0. The second-order valence-corrected chi connectivity index (χ2v) is 8.11. The standard InChI is InChI=1S/C22H18ClF8N3O2.ClH/c1-11-18(20(35)33-12(9-23)8-17(21(26,27)28)22(29,30)31)34-7-3-6-16(19(34)32-11)36-10-13-14(24)4-2-5-15(13)25;/h2-7,12,17H,8-10H2,1H3,(H,33,35);1H. The Morgan fingerprint density at radius 3 is 2.22 bits per heavy atom. The number of fused-ring (bicyclic) bond motifs is 1. The zero-order chi connectivity index (χ0) is 26.8. The molecule has 1 unspecified atom stereocenters. The summed E-state index contributed by atoms with van der Waals surface area (Å²) in [6.07, 6.45) is -11.3. The van der Waals surface area contributed by atoms with E-state index in [-0.39, 0.29) is 40.8 Å². The van der Waals surface area contributed by atoms with Crippen LogP contribution >= 0.6 is 24.0 Å². The van der Waals surface area contributed by atoms with E-state index in [4.69, 9.17) is 16.3 Å². The van der Waals surface area contributed by atoms with Gasteiger partial charge in [-0.15, -0.1) is 24.0 Å². The molecule has 1 atom stereocenters. The first kappa shape index (κ1) is 30.4. The van der Waals surface area contributed by atoms with Gasteiger partial charge in [0.1, 0.15) is 23.9 Å². The van der Waals surface area contributed by atoms with E-state index in [0.29, 0.717) is 0 Å². The highest BCUT2D eigenvalue weighted by molar-refractivity contribution is 6.18. The molecule has 0 aliphatic carbocycles. The van der Waals surface area contributed by atoms with Gasteiger partial charge in [0.05, 0.1) is 11.3 Å². The number of carbonyl (C=O) groups is 1. The summed E-state index contributed by atoms with van der Waals surface area (Å²) in [6, 6.07) is 4.40. The van der Waals surface area contributed by atoms with Gasteiger partial charge in [-0.1, -0.05) is 6.07 Å². The van der Waals surface area contributed by atoms with Crippen LogP contribution in [0.1, 0.15) is 28.2 Å². The summed E-state index contributed by atoms with van der Waals surface area (Å²) in [5.74, 6) is -7.09. The maximum Gasteiger partial charge on any atom is 0.400 e. The fourth-order valence-corrected chi connectivity index (χ4v) is 3.72. The zero-order valence-electron chi connectivity index (χ0n) is 18.8. The number of amides is 1. The van der Waals surface area contributed by atoms with Crippen LogP contribution in [0.3, 0.4) is 0 Å². The quantitative estimate of drug-likeness (QED) is 0.248. The summed E-state index contributed by atoms with van der Waals surface area (Å²) in [6.45, 7) is 0.863. The highest BCUT2D eigenvalue weighted by atomic mass is 35.5. The van der Waals surface area contributed by atoms with E-state index in [2.05, 4.69) is 10.3 Å². The number of nitrogens with one attached hydrogen (secondary N) is 1. The maximum atomic E-state index is 13.9. The molecule has 0 fully saturated rings. The number of alkyl halides is 7. The zero-order valence-corrected chi connectivity index (χ0v) is 20.3. The molecule has 0 saturated heterocycles. The van der Waals surface area contributed by atoms with E-state index in [1.807, 2.05) is 0 Å². The number of aromatic nitrogens is 2. The number of hydrogen-bond donors (Lipinski definition) is 1. The molecular formula is C22H19Cl2F8N3O2. The van der Waals surface area contributed by atoms with Crippen molar-refractivity contribution >= 4 is 35.6 Å². The molecule has 2 aromatic heterocycles. The number of benzene rings is 1. The topological polar surface area (TPSA) is 55.6 Å². The summed E-state index contributed by atoms with van der Waals surface area (Å²) >= 11 is 5.57. The van der Waals surface area contributed by atoms with E-state index in [1.165, 1.54) is 35.7 Å². The summed E-state index contributed by atoms with van der Waals surface area (Å²) in [4.78, 5) is 17.0. The van der Waals surface area contributed by atoms with Crippen LogP contribution in [0.5, 0.6) is 5.75 Å².